The van der Waals surface area contributed by atoms with Crippen molar-refractivity contribution >= 4 is 5.78 Å². The standard InChI is InChI=1S/C37H60O4/c1-5-6-7-8-9-10-15-35(41)37(22-23-37)21-12-14-33(39)27(3)31-18-19-32-28(13-11-20-36(31,32)4)16-17-29-24-30(38)25-34(40)26(29)2/h16-17,27,30-34,38-40H,2,5-15,18-25H2,1,3-4H3/b28-16+,29-17-/t27-,30+,31+,32-,33-,34-,36+/m0/s1. The van der Waals surface area contributed by atoms with E-state index < -0.39 is 12.2 Å². The summed E-state index contributed by atoms with van der Waals surface area (Å²) in [5, 5.41) is 31.7. The number of allylic oxidation sites excluding steroid dienone is 3. The first-order valence-electron chi connectivity index (χ1n) is 17.3. The van der Waals surface area contributed by atoms with Crippen molar-refractivity contribution < 1.29 is 20.1 Å². The third kappa shape index (κ3) is 7.84. The fourth-order valence-corrected chi connectivity index (χ4v) is 8.94. The molecule has 0 radical (unpaired) electrons. The monoisotopic (exact) mass is 568 g/mol. The molecule has 0 spiro atoms. The van der Waals surface area contributed by atoms with Gasteiger partial charge in [0.15, 0.2) is 0 Å². The van der Waals surface area contributed by atoms with Gasteiger partial charge in [-0.1, -0.05) is 77.2 Å². The van der Waals surface area contributed by atoms with Crippen LogP contribution in [0.1, 0.15) is 143 Å². The smallest absolute Gasteiger partial charge is 0.139 e. The molecule has 41 heavy (non-hydrogen) atoms. The summed E-state index contributed by atoms with van der Waals surface area (Å²) in [4.78, 5) is 13.0. The van der Waals surface area contributed by atoms with Gasteiger partial charge in [0.05, 0.1) is 18.3 Å². The van der Waals surface area contributed by atoms with Gasteiger partial charge < -0.3 is 15.3 Å². The van der Waals surface area contributed by atoms with E-state index in [1.54, 1.807) is 0 Å². The maximum absolute atomic E-state index is 13.0. The Labute approximate surface area is 250 Å². The van der Waals surface area contributed by atoms with Gasteiger partial charge in [0.1, 0.15) is 5.78 Å². The molecule has 232 valence electrons. The maximum atomic E-state index is 13.0. The Kier molecular flexibility index (Phi) is 11.6. The molecule has 3 N–H and O–H groups in total. The van der Waals surface area contributed by atoms with Crippen LogP contribution < -0.4 is 0 Å². The summed E-state index contributed by atoms with van der Waals surface area (Å²) in [5.74, 6) is 1.81. The first-order valence-corrected chi connectivity index (χ1v) is 17.3. The number of carbonyl (C=O) groups excluding carboxylic acids is 1. The van der Waals surface area contributed by atoms with E-state index in [-0.39, 0.29) is 22.9 Å². The number of aliphatic hydroxyl groups is 3. The minimum atomic E-state index is -0.647. The maximum Gasteiger partial charge on any atom is 0.139 e. The molecule has 4 aliphatic rings. The van der Waals surface area contributed by atoms with E-state index in [2.05, 4.69) is 39.5 Å². The molecule has 4 fully saturated rings. The summed E-state index contributed by atoms with van der Waals surface area (Å²) in [7, 11) is 0. The lowest BCUT2D eigenvalue weighted by Crippen LogP contribution is -2.39. The molecule has 0 aromatic carbocycles. The molecule has 0 bridgehead atoms. The van der Waals surface area contributed by atoms with E-state index in [0.29, 0.717) is 30.5 Å². The van der Waals surface area contributed by atoms with Crippen LogP contribution >= 0.6 is 0 Å². The zero-order valence-electron chi connectivity index (χ0n) is 26.5. The highest BCUT2D eigenvalue weighted by atomic mass is 16.3. The molecule has 0 aromatic rings. The van der Waals surface area contributed by atoms with Gasteiger partial charge in [-0.15, -0.1) is 0 Å². The fourth-order valence-electron chi connectivity index (χ4n) is 8.94. The Hall–Kier alpha value is -1.23. The summed E-state index contributed by atoms with van der Waals surface area (Å²) in [6.45, 7) is 11.1. The lowest BCUT2D eigenvalue weighted by molar-refractivity contribution is -0.124. The van der Waals surface area contributed by atoms with Gasteiger partial charge in [0.25, 0.3) is 0 Å². The largest absolute Gasteiger partial charge is 0.393 e. The predicted octanol–water partition coefficient (Wildman–Crippen LogP) is 8.39. The van der Waals surface area contributed by atoms with Crippen LogP contribution in [-0.2, 0) is 4.79 Å². The molecule has 4 nitrogen and oxygen atoms in total. The van der Waals surface area contributed by atoms with Crippen LogP contribution in [0.15, 0.2) is 35.5 Å². The highest BCUT2D eigenvalue weighted by Crippen LogP contribution is 2.60. The van der Waals surface area contributed by atoms with Crippen molar-refractivity contribution in [1.29, 1.82) is 0 Å². The number of aliphatic hydroxyl groups excluding tert-OH is 3. The molecule has 0 saturated heterocycles. The molecule has 4 saturated carbocycles. The number of hydrogen-bond acceptors (Lipinski definition) is 4. The van der Waals surface area contributed by atoms with Crippen LogP contribution in [0.2, 0.25) is 0 Å². The lowest BCUT2D eigenvalue weighted by Gasteiger charge is -2.45. The fraction of sp³-hybridized carbons (Fsp3) is 0.811. The molecule has 0 heterocycles. The van der Waals surface area contributed by atoms with Crippen LogP contribution in [0.4, 0.5) is 0 Å². The Bertz CT molecular complexity index is 958. The first-order chi connectivity index (χ1) is 19.6. The number of hydrogen-bond donors (Lipinski definition) is 3. The summed E-state index contributed by atoms with van der Waals surface area (Å²) >= 11 is 0. The summed E-state index contributed by atoms with van der Waals surface area (Å²) in [6, 6.07) is 0. The van der Waals surface area contributed by atoms with Gasteiger partial charge in [-0.05, 0) is 111 Å². The van der Waals surface area contributed by atoms with Gasteiger partial charge in [-0.3, -0.25) is 4.79 Å². The quantitative estimate of drug-likeness (QED) is 0.173. The second-order valence-electron chi connectivity index (χ2n) is 14.7. The average Bonchev–Trinajstić information content (AvgIpc) is 3.65. The lowest BCUT2D eigenvalue weighted by atomic mass is 9.60. The number of ketones is 1. The Balaban J connectivity index is 1.27. The highest BCUT2D eigenvalue weighted by molar-refractivity contribution is 5.87. The second kappa shape index (κ2) is 14.5. The molecular weight excluding hydrogens is 508 g/mol. The number of fused-ring (bicyclic) bond motifs is 1. The molecule has 4 rings (SSSR count). The Morgan fingerprint density at radius 3 is 2.51 bits per heavy atom. The predicted molar refractivity (Wildman–Crippen MR) is 168 cm³/mol. The highest BCUT2D eigenvalue weighted by Gasteiger charge is 2.52. The van der Waals surface area contributed by atoms with Crippen LogP contribution in [0.25, 0.3) is 0 Å². The van der Waals surface area contributed by atoms with E-state index in [0.717, 1.165) is 68.9 Å². The van der Waals surface area contributed by atoms with Crippen molar-refractivity contribution in [3.05, 3.63) is 35.5 Å². The van der Waals surface area contributed by atoms with E-state index in [1.807, 2.05) is 0 Å². The zero-order chi connectivity index (χ0) is 29.6. The van der Waals surface area contributed by atoms with Crippen LogP contribution in [-0.4, -0.2) is 39.4 Å². The van der Waals surface area contributed by atoms with Crippen molar-refractivity contribution in [2.75, 3.05) is 0 Å². The third-order valence-corrected chi connectivity index (χ3v) is 11.9. The van der Waals surface area contributed by atoms with E-state index in [4.69, 9.17) is 0 Å². The number of carbonyl (C=O) groups is 1. The molecule has 0 aromatic heterocycles. The minimum Gasteiger partial charge on any atom is -0.393 e. The SMILES string of the molecule is C=C1/C(=C\C=C2/CCC[C@]3(C)[C@@H]([C@H](C)[C@@H](O)CCCC4(C(=O)CCCCCCCC)CC4)CC[C@@H]23)C[C@@H](O)C[C@@H]1O. The minimum absolute atomic E-state index is 0.0515. The van der Waals surface area contributed by atoms with Crippen molar-refractivity contribution in [3.63, 3.8) is 0 Å². The third-order valence-electron chi connectivity index (χ3n) is 11.9. The normalized spacial score (nSPS) is 34.5. The van der Waals surface area contributed by atoms with Gasteiger partial charge in [0.2, 0.25) is 0 Å². The van der Waals surface area contributed by atoms with E-state index in [9.17, 15) is 20.1 Å². The van der Waals surface area contributed by atoms with E-state index in [1.165, 1.54) is 56.9 Å². The van der Waals surface area contributed by atoms with Crippen LogP contribution in [0, 0.1) is 28.6 Å². The van der Waals surface area contributed by atoms with Crippen LogP contribution in [0.3, 0.4) is 0 Å². The Morgan fingerprint density at radius 1 is 1.05 bits per heavy atom. The van der Waals surface area contributed by atoms with Gasteiger partial charge in [0, 0.05) is 18.3 Å². The van der Waals surface area contributed by atoms with Crippen molar-refractivity contribution in [2.45, 2.75) is 161 Å². The molecule has 7 atom stereocenters. The molecule has 0 aliphatic heterocycles. The Morgan fingerprint density at radius 2 is 1.78 bits per heavy atom. The number of unbranched alkanes of at least 4 members (excludes halogenated alkanes) is 5. The topological polar surface area (TPSA) is 77.8 Å². The van der Waals surface area contributed by atoms with Crippen molar-refractivity contribution in [1.82, 2.24) is 0 Å². The van der Waals surface area contributed by atoms with Gasteiger partial charge in [-0.2, -0.15) is 0 Å². The molecule has 4 heteroatoms. The summed E-state index contributed by atoms with van der Waals surface area (Å²) in [6.07, 6.45) is 22.7. The first kappa shape index (κ1) is 32.7. The number of rotatable bonds is 15. The summed E-state index contributed by atoms with van der Waals surface area (Å²) in [5.41, 5.74) is 3.38. The number of Topliss-reactive ketones (excluding diaryl/α,β-unsaturated/α-hetero) is 1. The van der Waals surface area contributed by atoms with Crippen molar-refractivity contribution in [2.24, 2.45) is 28.6 Å². The van der Waals surface area contributed by atoms with Crippen LogP contribution in [0.5, 0.6) is 0 Å². The molecule has 4 aliphatic carbocycles. The molecule has 0 unspecified atom stereocenters. The second-order valence-corrected chi connectivity index (χ2v) is 14.7. The van der Waals surface area contributed by atoms with Gasteiger partial charge in [-0.25, -0.2) is 0 Å². The van der Waals surface area contributed by atoms with Crippen molar-refractivity contribution in [3.8, 4) is 0 Å². The molecule has 0 amide bonds. The molecular formula is C37H60O4. The van der Waals surface area contributed by atoms with Gasteiger partial charge >= 0.3 is 0 Å². The average molecular weight is 569 g/mol. The van der Waals surface area contributed by atoms with E-state index >= 15 is 0 Å². The zero-order valence-corrected chi connectivity index (χ0v) is 26.5. The summed E-state index contributed by atoms with van der Waals surface area (Å²) < 4.78 is 0.